The maximum atomic E-state index is 6.09. The number of benzene rings is 1. The first-order valence-corrected chi connectivity index (χ1v) is 10.9. The van der Waals surface area contributed by atoms with Gasteiger partial charge >= 0.3 is 0 Å². The van der Waals surface area contributed by atoms with Crippen LogP contribution in [0.1, 0.15) is 11.1 Å². The summed E-state index contributed by atoms with van der Waals surface area (Å²) in [4.78, 5) is 6.53. The number of rotatable bonds is 11. The predicted molar refractivity (Wildman–Crippen MR) is 116 cm³/mol. The number of aromatic nitrogens is 1. The molecule has 2 aliphatic heterocycles. The fourth-order valence-corrected chi connectivity index (χ4v) is 3.58. The molecule has 2 fully saturated rings. The van der Waals surface area contributed by atoms with E-state index in [-0.39, 0.29) is 0 Å². The number of nitrogens with one attached hydrogen (secondary N) is 2. The van der Waals surface area contributed by atoms with Gasteiger partial charge in [0.25, 0.3) is 0 Å². The highest BCUT2D eigenvalue weighted by Gasteiger charge is 2.16. The zero-order chi connectivity index (χ0) is 20.4. The van der Waals surface area contributed by atoms with E-state index in [0.717, 1.165) is 82.0 Å². The van der Waals surface area contributed by atoms with Gasteiger partial charge in [0.05, 0.1) is 13.2 Å². The average Bonchev–Trinajstić information content (AvgIpc) is 2.75. The van der Waals surface area contributed by atoms with Crippen molar-refractivity contribution in [1.82, 2.24) is 20.5 Å². The van der Waals surface area contributed by atoms with E-state index in [4.69, 9.17) is 14.2 Å². The van der Waals surface area contributed by atoms with Crippen LogP contribution in [0, 0.1) is 5.92 Å². The Bertz CT molecular complexity index is 764. The zero-order valence-electron chi connectivity index (χ0n) is 17.5. The van der Waals surface area contributed by atoms with Crippen molar-refractivity contribution in [2.75, 3.05) is 59.1 Å². The Balaban J connectivity index is 1.34. The highest BCUT2D eigenvalue weighted by Crippen LogP contribution is 2.24. The Kier molecular flexibility index (Phi) is 7.91. The molecule has 0 bridgehead atoms. The number of hydrogen-bond donors (Lipinski definition) is 2. The van der Waals surface area contributed by atoms with Crippen molar-refractivity contribution >= 4 is 0 Å². The van der Waals surface area contributed by atoms with Crippen LogP contribution in [-0.4, -0.2) is 69.0 Å². The predicted octanol–water partition coefficient (Wildman–Crippen LogP) is 1.68. The molecule has 4 rings (SSSR count). The number of hydrogen-bond acceptors (Lipinski definition) is 7. The van der Waals surface area contributed by atoms with Crippen molar-refractivity contribution in [3.63, 3.8) is 0 Å². The van der Waals surface area contributed by atoms with Gasteiger partial charge in [0.2, 0.25) is 0 Å². The molecule has 0 radical (unpaired) electrons. The van der Waals surface area contributed by atoms with Crippen LogP contribution in [0.3, 0.4) is 0 Å². The van der Waals surface area contributed by atoms with E-state index in [9.17, 15) is 0 Å². The lowest BCUT2D eigenvalue weighted by Crippen LogP contribution is -2.47. The summed E-state index contributed by atoms with van der Waals surface area (Å²) < 4.78 is 17.5. The highest BCUT2D eigenvalue weighted by molar-refractivity contribution is 5.38. The van der Waals surface area contributed by atoms with Crippen LogP contribution < -0.4 is 20.1 Å². The van der Waals surface area contributed by atoms with Gasteiger partial charge in [-0.2, -0.15) is 0 Å². The molecule has 1 aromatic heterocycles. The van der Waals surface area contributed by atoms with Crippen LogP contribution in [-0.2, 0) is 17.9 Å². The third-order valence-corrected chi connectivity index (χ3v) is 5.48. The molecule has 0 saturated carbocycles. The van der Waals surface area contributed by atoms with Gasteiger partial charge in [-0.3, -0.25) is 9.88 Å². The van der Waals surface area contributed by atoms with E-state index in [1.807, 2.05) is 24.4 Å². The molecule has 0 spiro atoms. The van der Waals surface area contributed by atoms with Gasteiger partial charge in [-0.1, -0.05) is 6.07 Å². The summed E-state index contributed by atoms with van der Waals surface area (Å²) in [6, 6.07) is 10.1. The fourth-order valence-electron chi connectivity index (χ4n) is 3.58. The van der Waals surface area contributed by atoms with Crippen molar-refractivity contribution in [3.05, 3.63) is 53.9 Å². The molecule has 7 heteroatoms. The van der Waals surface area contributed by atoms with Gasteiger partial charge in [-0.15, -0.1) is 0 Å². The zero-order valence-corrected chi connectivity index (χ0v) is 17.5. The molecule has 162 valence electrons. The second kappa shape index (κ2) is 11.3. The lowest BCUT2D eigenvalue weighted by molar-refractivity contribution is 0.0322. The molecule has 0 atom stereocenters. The molecule has 2 aliphatic rings. The topological polar surface area (TPSA) is 67.9 Å². The second-order valence-electron chi connectivity index (χ2n) is 7.92. The fraction of sp³-hybridized carbons (Fsp3) is 0.522. The molecule has 2 N–H and O–H groups in total. The lowest BCUT2D eigenvalue weighted by atomic mass is 10.0. The van der Waals surface area contributed by atoms with E-state index in [2.05, 4.69) is 32.7 Å². The first kappa shape index (κ1) is 21.1. The number of ether oxygens (including phenoxy) is 3. The molecule has 0 amide bonds. The molecular formula is C23H32N4O3. The quantitative estimate of drug-likeness (QED) is 0.582. The Morgan fingerprint density at radius 1 is 1.10 bits per heavy atom. The molecule has 3 heterocycles. The van der Waals surface area contributed by atoms with E-state index < -0.39 is 0 Å². The summed E-state index contributed by atoms with van der Waals surface area (Å²) in [6.45, 7) is 9.68. The van der Waals surface area contributed by atoms with Gasteiger partial charge in [0.15, 0.2) is 0 Å². The average molecular weight is 413 g/mol. The van der Waals surface area contributed by atoms with Gasteiger partial charge in [-0.05, 0) is 29.7 Å². The largest absolute Gasteiger partial charge is 0.492 e. The van der Waals surface area contributed by atoms with Gasteiger partial charge in [-0.25, -0.2) is 0 Å². The number of nitrogens with zero attached hydrogens (tertiary/aromatic N) is 2. The minimum absolute atomic E-state index is 0.492. The maximum absolute atomic E-state index is 6.09. The summed E-state index contributed by atoms with van der Waals surface area (Å²) in [5.41, 5.74) is 2.22. The summed E-state index contributed by atoms with van der Waals surface area (Å²) in [6.07, 6.45) is 3.60. The Morgan fingerprint density at radius 3 is 2.67 bits per heavy atom. The molecule has 2 saturated heterocycles. The standard InChI is InChI=1S/C23H32N4O3/c1-2-19(13-24-3-1)18-30-23-11-20(14-25-15-21-16-26-17-21)10-22(12-23)29-9-6-27-4-7-28-8-5-27/h1-3,10-13,21,25-26H,4-9,14-18H2. The molecular weight excluding hydrogens is 380 g/mol. The van der Waals surface area contributed by atoms with Crippen LogP contribution in [0.4, 0.5) is 0 Å². The van der Waals surface area contributed by atoms with Crippen LogP contribution >= 0.6 is 0 Å². The van der Waals surface area contributed by atoms with E-state index in [1.54, 1.807) is 6.20 Å². The molecule has 0 unspecified atom stereocenters. The molecule has 7 nitrogen and oxygen atoms in total. The normalized spacial score (nSPS) is 17.5. The molecule has 30 heavy (non-hydrogen) atoms. The van der Waals surface area contributed by atoms with Gasteiger partial charge < -0.3 is 24.8 Å². The highest BCUT2D eigenvalue weighted by atomic mass is 16.5. The minimum atomic E-state index is 0.492. The molecule has 0 aliphatic carbocycles. The Hall–Kier alpha value is -2.19. The van der Waals surface area contributed by atoms with Crippen molar-refractivity contribution in [3.8, 4) is 11.5 Å². The summed E-state index contributed by atoms with van der Waals surface area (Å²) in [7, 11) is 0. The first-order chi connectivity index (χ1) is 14.8. The van der Waals surface area contributed by atoms with Crippen molar-refractivity contribution in [1.29, 1.82) is 0 Å². The van der Waals surface area contributed by atoms with Crippen LogP contribution in [0.2, 0.25) is 0 Å². The second-order valence-corrected chi connectivity index (χ2v) is 7.92. The molecule has 1 aromatic carbocycles. The van der Waals surface area contributed by atoms with E-state index in [0.29, 0.717) is 13.2 Å². The van der Waals surface area contributed by atoms with Crippen LogP contribution in [0.5, 0.6) is 11.5 Å². The van der Waals surface area contributed by atoms with Gasteiger partial charge in [0.1, 0.15) is 24.7 Å². The lowest BCUT2D eigenvalue weighted by Gasteiger charge is -2.27. The third-order valence-electron chi connectivity index (χ3n) is 5.48. The van der Waals surface area contributed by atoms with E-state index in [1.165, 1.54) is 5.56 Å². The SMILES string of the molecule is c1cncc(COc2cc(CNCC3CNC3)cc(OCCN3CCOCC3)c2)c1. The molecule has 2 aromatic rings. The minimum Gasteiger partial charge on any atom is -0.492 e. The summed E-state index contributed by atoms with van der Waals surface area (Å²) in [5.74, 6) is 2.41. The Morgan fingerprint density at radius 2 is 1.93 bits per heavy atom. The smallest absolute Gasteiger partial charge is 0.123 e. The van der Waals surface area contributed by atoms with Crippen LogP contribution in [0.25, 0.3) is 0 Å². The van der Waals surface area contributed by atoms with Crippen molar-refractivity contribution in [2.24, 2.45) is 5.92 Å². The maximum Gasteiger partial charge on any atom is 0.123 e. The summed E-state index contributed by atoms with van der Waals surface area (Å²) in [5, 5.41) is 6.87. The number of pyridine rings is 1. The number of morpholine rings is 1. The monoisotopic (exact) mass is 412 g/mol. The third kappa shape index (κ3) is 6.67. The van der Waals surface area contributed by atoms with Crippen molar-refractivity contribution in [2.45, 2.75) is 13.2 Å². The first-order valence-electron chi connectivity index (χ1n) is 10.9. The van der Waals surface area contributed by atoms with Gasteiger partial charge in [0, 0.05) is 69.8 Å². The van der Waals surface area contributed by atoms with Crippen molar-refractivity contribution < 1.29 is 14.2 Å². The van der Waals surface area contributed by atoms with Crippen LogP contribution in [0.15, 0.2) is 42.7 Å². The Labute approximate surface area is 178 Å². The summed E-state index contributed by atoms with van der Waals surface area (Å²) >= 11 is 0. The van der Waals surface area contributed by atoms with E-state index >= 15 is 0 Å².